The summed E-state index contributed by atoms with van der Waals surface area (Å²) >= 11 is 1.58. The summed E-state index contributed by atoms with van der Waals surface area (Å²) in [7, 11) is 0. The fourth-order valence-electron chi connectivity index (χ4n) is 4.13. The Bertz CT molecular complexity index is 1080. The van der Waals surface area contributed by atoms with Crippen molar-refractivity contribution >= 4 is 28.3 Å². The second-order valence-corrected chi connectivity index (χ2v) is 9.83. The highest BCUT2D eigenvalue weighted by atomic mass is 32.1. The van der Waals surface area contributed by atoms with Crippen molar-refractivity contribution in [3.63, 3.8) is 0 Å². The van der Waals surface area contributed by atoms with Crippen molar-refractivity contribution in [2.24, 2.45) is 0 Å². The van der Waals surface area contributed by atoms with Crippen LogP contribution >= 0.6 is 11.3 Å². The molecule has 35 heavy (non-hydrogen) atoms. The number of nitrogens with zero attached hydrogens (tertiary/aromatic N) is 3. The molecule has 0 aliphatic carbocycles. The minimum atomic E-state index is 0.0000581. The van der Waals surface area contributed by atoms with E-state index in [1.165, 1.54) is 0 Å². The molecule has 1 aliphatic heterocycles. The van der Waals surface area contributed by atoms with Gasteiger partial charge in [0.2, 0.25) is 11.8 Å². The van der Waals surface area contributed by atoms with Gasteiger partial charge in [0.1, 0.15) is 0 Å². The minimum absolute atomic E-state index is 0.0000581. The monoisotopic (exact) mass is 491 g/mol. The van der Waals surface area contributed by atoms with Crippen LogP contribution in [0.25, 0.3) is 0 Å². The van der Waals surface area contributed by atoms with Crippen LogP contribution in [-0.2, 0) is 29.0 Å². The third-order valence-electron chi connectivity index (χ3n) is 6.03. The predicted molar refractivity (Wildman–Crippen MR) is 140 cm³/mol. The topological polar surface area (TPSA) is 77.6 Å². The molecule has 1 fully saturated rings. The summed E-state index contributed by atoms with van der Waals surface area (Å²) in [5.74, 6) is 0.215. The third-order valence-corrected chi connectivity index (χ3v) is 6.88. The van der Waals surface area contributed by atoms with Crippen LogP contribution in [0, 0.1) is 0 Å². The first-order valence-electron chi connectivity index (χ1n) is 12.1. The van der Waals surface area contributed by atoms with E-state index in [1.807, 2.05) is 72.5 Å². The molecular weight excluding hydrogens is 458 g/mol. The van der Waals surface area contributed by atoms with E-state index in [9.17, 15) is 9.59 Å². The number of carbonyl (C=O) groups excluding carboxylic acids is 2. The Balaban J connectivity index is 1.15. The number of rotatable bonds is 10. The Morgan fingerprint density at radius 1 is 0.943 bits per heavy atom. The Labute approximate surface area is 211 Å². The summed E-state index contributed by atoms with van der Waals surface area (Å²) in [6, 6.07) is 19.7. The molecule has 184 valence electrons. The number of piperazine rings is 1. The van der Waals surface area contributed by atoms with Crippen LogP contribution in [0.3, 0.4) is 0 Å². The molecule has 0 spiro atoms. The molecule has 1 atom stereocenters. The van der Waals surface area contributed by atoms with Crippen molar-refractivity contribution in [1.29, 1.82) is 0 Å². The molecule has 1 saturated heterocycles. The van der Waals surface area contributed by atoms with Crippen LogP contribution < -0.4 is 10.6 Å². The molecule has 7 nitrogen and oxygen atoms in total. The van der Waals surface area contributed by atoms with Gasteiger partial charge in [0, 0.05) is 50.7 Å². The molecule has 0 radical (unpaired) electrons. The van der Waals surface area contributed by atoms with Crippen LogP contribution in [0.5, 0.6) is 0 Å². The Kier molecular flexibility index (Phi) is 8.86. The number of hydrogen-bond donors (Lipinski definition) is 2. The first-order valence-corrected chi connectivity index (χ1v) is 13.0. The van der Waals surface area contributed by atoms with E-state index in [-0.39, 0.29) is 17.9 Å². The standard InChI is InChI=1S/C27H33N5O2S/c1-21(29-25(33)16-22-8-4-2-5-9-22)18-28-27-30-24(20-35-27)19-31-12-14-32(15-13-31)26(34)17-23-10-6-3-7-11-23/h2-11,20-21H,12-19H2,1H3,(H,28,30)(H,29,33)/t21-/m0/s1. The van der Waals surface area contributed by atoms with Crippen molar-refractivity contribution in [2.75, 3.05) is 38.0 Å². The summed E-state index contributed by atoms with van der Waals surface area (Å²) in [6.45, 7) is 6.60. The van der Waals surface area contributed by atoms with Crippen molar-refractivity contribution < 1.29 is 9.59 Å². The SMILES string of the molecule is C[C@@H](CNc1nc(CN2CCN(C(=O)Cc3ccccc3)CC2)cs1)NC(=O)Cc1ccccc1. The Hall–Kier alpha value is -3.23. The number of amides is 2. The molecule has 1 aliphatic rings. The highest BCUT2D eigenvalue weighted by Gasteiger charge is 2.21. The maximum absolute atomic E-state index is 12.6. The zero-order valence-corrected chi connectivity index (χ0v) is 21.0. The van der Waals surface area contributed by atoms with Crippen molar-refractivity contribution in [3.8, 4) is 0 Å². The summed E-state index contributed by atoms with van der Waals surface area (Å²) in [5.41, 5.74) is 3.10. The normalized spacial score (nSPS) is 14.9. The molecule has 0 bridgehead atoms. The first kappa shape index (κ1) is 24.9. The molecule has 2 heterocycles. The van der Waals surface area contributed by atoms with Gasteiger partial charge in [0.25, 0.3) is 0 Å². The first-order chi connectivity index (χ1) is 17.0. The van der Waals surface area contributed by atoms with Crippen LogP contribution in [0.1, 0.15) is 23.7 Å². The molecule has 2 N–H and O–H groups in total. The molecule has 3 aromatic rings. The second kappa shape index (κ2) is 12.5. The number of thiazole rings is 1. The molecule has 0 unspecified atom stereocenters. The van der Waals surface area contributed by atoms with Crippen LogP contribution in [0.4, 0.5) is 5.13 Å². The van der Waals surface area contributed by atoms with E-state index in [4.69, 9.17) is 4.98 Å². The molecule has 1 aromatic heterocycles. The maximum atomic E-state index is 12.6. The van der Waals surface area contributed by atoms with Gasteiger partial charge in [-0.25, -0.2) is 4.98 Å². The quantitative estimate of drug-likeness (QED) is 0.456. The highest BCUT2D eigenvalue weighted by molar-refractivity contribution is 7.13. The van der Waals surface area contributed by atoms with Gasteiger partial charge in [-0.15, -0.1) is 11.3 Å². The molecule has 4 rings (SSSR count). The highest BCUT2D eigenvalue weighted by Crippen LogP contribution is 2.18. The fraction of sp³-hybridized carbons (Fsp3) is 0.370. The lowest BCUT2D eigenvalue weighted by atomic mass is 10.1. The van der Waals surface area contributed by atoms with Crippen molar-refractivity contribution in [1.82, 2.24) is 20.1 Å². The van der Waals surface area contributed by atoms with Gasteiger partial charge in [-0.2, -0.15) is 0 Å². The molecular formula is C27H33N5O2S. The average molecular weight is 492 g/mol. The van der Waals surface area contributed by atoms with E-state index in [2.05, 4.69) is 20.9 Å². The molecule has 8 heteroatoms. The van der Waals surface area contributed by atoms with E-state index in [0.717, 1.165) is 54.7 Å². The van der Waals surface area contributed by atoms with Crippen LogP contribution in [0.2, 0.25) is 0 Å². The van der Waals surface area contributed by atoms with Gasteiger partial charge in [-0.05, 0) is 18.1 Å². The van der Waals surface area contributed by atoms with E-state index in [1.54, 1.807) is 11.3 Å². The Morgan fingerprint density at radius 2 is 1.57 bits per heavy atom. The van der Waals surface area contributed by atoms with Gasteiger partial charge >= 0.3 is 0 Å². The van der Waals surface area contributed by atoms with Gasteiger partial charge in [0.15, 0.2) is 5.13 Å². The number of anilines is 1. The predicted octanol–water partition coefficient (Wildman–Crippen LogP) is 3.19. The van der Waals surface area contributed by atoms with E-state index >= 15 is 0 Å². The largest absolute Gasteiger partial charge is 0.359 e. The van der Waals surface area contributed by atoms with Gasteiger partial charge in [-0.1, -0.05) is 60.7 Å². The third kappa shape index (κ3) is 7.90. The van der Waals surface area contributed by atoms with Gasteiger partial charge in [0.05, 0.1) is 18.5 Å². The number of aromatic nitrogens is 1. The number of nitrogens with one attached hydrogen (secondary N) is 2. The van der Waals surface area contributed by atoms with Crippen LogP contribution in [0.15, 0.2) is 66.0 Å². The molecule has 0 saturated carbocycles. The number of hydrogen-bond acceptors (Lipinski definition) is 6. The lowest BCUT2D eigenvalue weighted by molar-refractivity contribution is -0.132. The smallest absolute Gasteiger partial charge is 0.227 e. The van der Waals surface area contributed by atoms with Gasteiger partial charge < -0.3 is 15.5 Å². The van der Waals surface area contributed by atoms with Crippen molar-refractivity contribution in [3.05, 3.63) is 82.9 Å². The second-order valence-electron chi connectivity index (χ2n) is 8.98. The van der Waals surface area contributed by atoms with Crippen molar-refractivity contribution in [2.45, 2.75) is 32.4 Å². The van der Waals surface area contributed by atoms with Gasteiger partial charge in [-0.3, -0.25) is 14.5 Å². The summed E-state index contributed by atoms with van der Waals surface area (Å²) in [4.78, 5) is 33.8. The zero-order chi connectivity index (χ0) is 24.5. The number of carbonyl (C=O) groups is 2. The van der Waals surface area contributed by atoms with E-state index < -0.39 is 0 Å². The molecule has 2 aromatic carbocycles. The summed E-state index contributed by atoms with van der Waals surface area (Å²) in [6.07, 6.45) is 0.852. The lowest BCUT2D eigenvalue weighted by Gasteiger charge is -2.34. The zero-order valence-electron chi connectivity index (χ0n) is 20.2. The fourth-order valence-corrected chi connectivity index (χ4v) is 4.84. The average Bonchev–Trinajstić information content (AvgIpc) is 3.31. The minimum Gasteiger partial charge on any atom is -0.359 e. The lowest BCUT2D eigenvalue weighted by Crippen LogP contribution is -2.48. The summed E-state index contributed by atoms with van der Waals surface area (Å²) in [5, 5.41) is 9.31. The van der Waals surface area contributed by atoms with E-state index in [0.29, 0.717) is 19.4 Å². The van der Waals surface area contributed by atoms with Crippen LogP contribution in [-0.4, -0.2) is 65.4 Å². The maximum Gasteiger partial charge on any atom is 0.227 e. The Morgan fingerprint density at radius 3 is 2.23 bits per heavy atom. The number of benzene rings is 2. The summed E-state index contributed by atoms with van der Waals surface area (Å²) < 4.78 is 0. The molecule has 2 amide bonds.